The molecule has 6 heteroatoms. The number of rotatable bonds is 4. The number of carbonyl (C=O) groups excluding carboxylic acids is 2. The van der Waals surface area contributed by atoms with Crippen molar-refractivity contribution in [3.63, 3.8) is 0 Å². The predicted octanol–water partition coefficient (Wildman–Crippen LogP) is 2.49. The van der Waals surface area contributed by atoms with E-state index in [9.17, 15) is 9.59 Å². The zero-order valence-corrected chi connectivity index (χ0v) is 18.1. The van der Waals surface area contributed by atoms with E-state index in [1.165, 1.54) is 10.4 Å². The molecule has 2 N–H and O–H groups in total. The van der Waals surface area contributed by atoms with E-state index in [2.05, 4.69) is 19.2 Å². The van der Waals surface area contributed by atoms with Crippen LogP contribution in [0.4, 0.5) is 5.00 Å². The van der Waals surface area contributed by atoms with E-state index in [1.54, 1.807) is 28.4 Å². The van der Waals surface area contributed by atoms with Crippen molar-refractivity contribution in [2.75, 3.05) is 38.0 Å². The summed E-state index contributed by atoms with van der Waals surface area (Å²) in [5, 5.41) is 3.80. The molecule has 1 aromatic heterocycles. The van der Waals surface area contributed by atoms with Crippen molar-refractivity contribution < 1.29 is 14.5 Å². The first-order valence-corrected chi connectivity index (χ1v) is 11.5. The molecular weight excluding hydrogens is 382 g/mol. The van der Waals surface area contributed by atoms with Crippen molar-refractivity contribution in [2.24, 2.45) is 5.92 Å². The van der Waals surface area contributed by atoms with E-state index in [1.807, 2.05) is 23.1 Å². The topological polar surface area (TPSA) is 53.9 Å². The number of nitrogens with zero attached hydrogens (tertiary/aromatic N) is 1. The van der Waals surface area contributed by atoms with Crippen LogP contribution in [0.5, 0.6) is 0 Å². The maximum absolute atomic E-state index is 13.5. The van der Waals surface area contributed by atoms with Crippen molar-refractivity contribution in [2.45, 2.75) is 33.1 Å². The lowest BCUT2D eigenvalue weighted by molar-refractivity contribution is -0.902. The van der Waals surface area contributed by atoms with Crippen LogP contribution in [-0.4, -0.2) is 49.4 Å². The zero-order chi connectivity index (χ0) is 20.4. The molecule has 0 saturated carbocycles. The molecular formula is C23H30N3O2S+. The average molecular weight is 413 g/mol. The third-order valence-corrected chi connectivity index (χ3v) is 7.42. The van der Waals surface area contributed by atoms with E-state index in [-0.39, 0.29) is 11.8 Å². The highest BCUT2D eigenvalue weighted by Crippen LogP contribution is 2.40. The van der Waals surface area contributed by atoms with Crippen LogP contribution in [0, 0.1) is 5.92 Å². The first-order valence-electron chi connectivity index (χ1n) is 10.7. The average Bonchev–Trinajstić information content (AvgIpc) is 3.10. The maximum Gasteiger partial charge on any atom is 0.257 e. The summed E-state index contributed by atoms with van der Waals surface area (Å²) < 4.78 is 0. The quantitative estimate of drug-likeness (QED) is 0.811. The number of quaternary nitrogens is 1. The highest BCUT2D eigenvalue weighted by molar-refractivity contribution is 7.17. The Morgan fingerprint density at radius 1 is 1.21 bits per heavy atom. The standard InChI is InChI=1S/C23H29N3O2S/c1-3-25-11-13-26(14-12-25)23(28)20-18-10-9-16(2)15-19(18)29-22(20)24-21(27)17-7-5-4-6-8-17/h4-8,16H,3,9-15H2,1-2H3,(H,24,27)/p+1. The second-order valence-corrected chi connectivity index (χ2v) is 9.38. The van der Waals surface area contributed by atoms with Crippen molar-refractivity contribution in [1.29, 1.82) is 0 Å². The van der Waals surface area contributed by atoms with Crippen LogP contribution in [0.3, 0.4) is 0 Å². The Morgan fingerprint density at radius 3 is 2.62 bits per heavy atom. The minimum Gasteiger partial charge on any atom is -0.332 e. The highest BCUT2D eigenvalue weighted by Gasteiger charge is 2.32. The van der Waals surface area contributed by atoms with Gasteiger partial charge in [-0.25, -0.2) is 0 Å². The molecule has 1 saturated heterocycles. The first-order chi connectivity index (χ1) is 14.1. The van der Waals surface area contributed by atoms with Gasteiger partial charge < -0.3 is 15.1 Å². The van der Waals surface area contributed by atoms with Crippen LogP contribution in [0.15, 0.2) is 30.3 Å². The predicted molar refractivity (Wildman–Crippen MR) is 117 cm³/mol. The molecule has 1 aliphatic carbocycles. The Kier molecular flexibility index (Phi) is 6.01. The number of anilines is 1. The number of amides is 2. The van der Waals surface area contributed by atoms with Crippen LogP contribution < -0.4 is 10.2 Å². The molecule has 1 unspecified atom stereocenters. The van der Waals surface area contributed by atoms with Gasteiger partial charge in [-0.05, 0) is 49.8 Å². The van der Waals surface area contributed by atoms with E-state index in [0.717, 1.165) is 62.6 Å². The van der Waals surface area contributed by atoms with Crippen LogP contribution in [-0.2, 0) is 12.8 Å². The minimum atomic E-state index is -0.147. The fraction of sp³-hybridized carbons (Fsp3) is 0.478. The highest BCUT2D eigenvalue weighted by atomic mass is 32.1. The summed E-state index contributed by atoms with van der Waals surface area (Å²) >= 11 is 1.60. The van der Waals surface area contributed by atoms with Gasteiger partial charge in [0.2, 0.25) is 0 Å². The number of hydrogen-bond acceptors (Lipinski definition) is 3. The van der Waals surface area contributed by atoms with E-state index >= 15 is 0 Å². The third kappa shape index (κ3) is 4.23. The Bertz CT molecular complexity index is 885. The van der Waals surface area contributed by atoms with Crippen LogP contribution in [0.2, 0.25) is 0 Å². The molecule has 2 aliphatic rings. The molecule has 1 atom stereocenters. The minimum absolute atomic E-state index is 0.0931. The molecule has 0 radical (unpaired) electrons. The SMILES string of the molecule is CC[NH+]1CCN(C(=O)c2c(NC(=O)c3ccccc3)sc3c2CCC(C)C3)CC1. The lowest BCUT2D eigenvalue weighted by Crippen LogP contribution is -3.14. The van der Waals surface area contributed by atoms with Crippen LogP contribution >= 0.6 is 11.3 Å². The summed E-state index contributed by atoms with van der Waals surface area (Å²) in [5.41, 5.74) is 2.54. The van der Waals surface area contributed by atoms with Crippen molar-refractivity contribution in [3.8, 4) is 0 Å². The Hall–Kier alpha value is -2.18. The largest absolute Gasteiger partial charge is 0.332 e. The number of carbonyl (C=O) groups is 2. The second kappa shape index (κ2) is 8.67. The van der Waals surface area contributed by atoms with Gasteiger partial charge in [-0.15, -0.1) is 11.3 Å². The molecule has 4 rings (SSSR count). The summed E-state index contributed by atoms with van der Waals surface area (Å²) in [6, 6.07) is 9.22. The van der Waals surface area contributed by atoms with Gasteiger partial charge in [0.15, 0.2) is 0 Å². The summed E-state index contributed by atoms with van der Waals surface area (Å²) in [6.07, 6.45) is 3.02. The lowest BCUT2D eigenvalue weighted by atomic mass is 9.88. The molecule has 5 nitrogen and oxygen atoms in total. The molecule has 1 aromatic carbocycles. The van der Waals surface area contributed by atoms with E-state index < -0.39 is 0 Å². The molecule has 0 bridgehead atoms. The fourth-order valence-corrected chi connectivity index (χ4v) is 5.77. The molecule has 154 valence electrons. The summed E-state index contributed by atoms with van der Waals surface area (Å²) in [6.45, 7) is 9.13. The Morgan fingerprint density at radius 2 is 1.93 bits per heavy atom. The van der Waals surface area contributed by atoms with Gasteiger partial charge in [-0.2, -0.15) is 0 Å². The summed E-state index contributed by atoms with van der Waals surface area (Å²) in [5.74, 6) is 0.570. The van der Waals surface area contributed by atoms with Gasteiger partial charge in [0, 0.05) is 10.4 Å². The molecule has 2 heterocycles. The Labute approximate surface area is 176 Å². The lowest BCUT2D eigenvalue weighted by Gasteiger charge is -2.32. The number of nitrogens with one attached hydrogen (secondary N) is 2. The van der Waals surface area contributed by atoms with Crippen molar-refractivity contribution >= 4 is 28.2 Å². The number of fused-ring (bicyclic) bond motifs is 1. The monoisotopic (exact) mass is 412 g/mol. The summed E-state index contributed by atoms with van der Waals surface area (Å²) in [7, 11) is 0. The van der Waals surface area contributed by atoms with Crippen LogP contribution in [0.1, 0.15) is 51.4 Å². The van der Waals surface area contributed by atoms with Gasteiger partial charge in [0.05, 0.1) is 38.3 Å². The second-order valence-electron chi connectivity index (χ2n) is 8.27. The van der Waals surface area contributed by atoms with Gasteiger partial charge >= 0.3 is 0 Å². The first kappa shape index (κ1) is 20.1. The molecule has 1 fully saturated rings. The van der Waals surface area contributed by atoms with E-state index in [0.29, 0.717) is 11.5 Å². The van der Waals surface area contributed by atoms with Gasteiger partial charge in [0.25, 0.3) is 11.8 Å². The Balaban J connectivity index is 1.63. The molecule has 0 spiro atoms. The smallest absolute Gasteiger partial charge is 0.257 e. The summed E-state index contributed by atoms with van der Waals surface area (Å²) in [4.78, 5) is 31.1. The molecule has 1 aliphatic heterocycles. The van der Waals surface area contributed by atoms with Crippen molar-refractivity contribution in [1.82, 2.24) is 4.90 Å². The molecule has 2 amide bonds. The number of hydrogen-bond donors (Lipinski definition) is 2. The normalized spacial score (nSPS) is 19.7. The third-order valence-electron chi connectivity index (χ3n) is 6.25. The molecule has 29 heavy (non-hydrogen) atoms. The maximum atomic E-state index is 13.5. The molecule has 2 aromatic rings. The number of likely N-dealkylation sites (N-methyl/N-ethyl adjacent to an activating group) is 1. The number of thiophene rings is 1. The fourth-order valence-electron chi connectivity index (χ4n) is 4.37. The zero-order valence-electron chi connectivity index (χ0n) is 17.3. The van der Waals surface area contributed by atoms with Gasteiger partial charge in [0.1, 0.15) is 5.00 Å². The van der Waals surface area contributed by atoms with E-state index in [4.69, 9.17) is 0 Å². The van der Waals surface area contributed by atoms with Crippen molar-refractivity contribution in [3.05, 3.63) is 51.9 Å². The van der Waals surface area contributed by atoms with Gasteiger partial charge in [-0.1, -0.05) is 25.1 Å². The number of piperazine rings is 1. The van der Waals surface area contributed by atoms with Gasteiger partial charge in [-0.3, -0.25) is 9.59 Å². The van der Waals surface area contributed by atoms with Crippen LogP contribution in [0.25, 0.3) is 0 Å². The number of benzene rings is 1.